The van der Waals surface area contributed by atoms with Gasteiger partial charge in [0, 0.05) is 25.7 Å². The fourth-order valence-corrected chi connectivity index (χ4v) is 10.8. The third-order valence-electron chi connectivity index (χ3n) is 5.75. The molecule has 2 rings (SSSR count). The van der Waals surface area contributed by atoms with E-state index in [0.717, 1.165) is 27.2 Å². The number of rotatable bonds is 10. The van der Waals surface area contributed by atoms with Gasteiger partial charge in [-0.25, -0.2) is 9.37 Å². The minimum absolute atomic E-state index is 0.244. The van der Waals surface area contributed by atoms with E-state index in [1.807, 2.05) is 0 Å². The maximum atomic E-state index is 13.3. The van der Waals surface area contributed by atoms with Crippen LogP contribution in [0.1, 0.15) is 47.4 Å². The van der Waals surface area contributed by atoms with Crippen LogP contribution in [0.4, 0.5) is 4.39 Å². The summed E-state index contributed by atoms with van der Waals surface area (Å²) in [5.74, 6) is 0.695. The Morgan fingerprint density at radius 1 is 1.03 bits per heavy atom. The van der Waals surface area contributed by atoms with E-state index < -0.39 is 8.32 Å². The molecule has 2 aromatic rings. The Morgan fingerprint density at radius 2 is 1.59 bits per heavy atom. The Labute approximate surface area is 189 Å². The molecule has 0 spiro atoms. The summed E-state index contributed by atoms with van der Waals surface area (Å²) in [5.41, 5.74) is 3.42. The van der Waals surface area contributed by atoms with Crippen LogP contribution in [0.25, 0.3) is 11.3 Å². The van der Waals surface area contributed by atoms with Gasteiger partial charge in [-0.15, -0.1) is 0 Å². The molecule has 1 aromatic carbocycles. The molecule has 0 saturated heterocycles. The number of imidazole rings is 1. The monoisotopic (exact) mass is 532 g/mol. The summed E-state index contributed by atoms with van der Waals surface area (Å²) in [6.45, 7) is 14.9. The molecule has 0 atom stereocenters. The van der Waals surface area contributed by atoms with Crippen LogP contribution >= 0.6 is 22.6 Å². The fraction of sp³-hybridized carbons (Fsp3) is 0.591. The van der Waals surface area contributed by atoms with Gasteiger partial charge in [0.25, 0.3) is 0 Å². The van der Waals surface area contributed by atoms with Crippen molar-refractivity contribution < 1.29 is 13.6 Å². The largest absolute Gasteiger partial charge is 0.416 e. The van der Waals surface area contributed by atoms with Crippen molar-refractivity contribution in [2.45, 2.75) is 71.3 Å². The first-order chi connectivity index (χ1) is 13.6. The van der Waals surface area contributed by atoms with Gasteiger partial charge in [-0.2, -0.15) is 0 Å². The lowest BCUT2D eigenvalue weighted by Gasteiger charge is -2.42. The molecule has 0 unspecified atom stereocenters. The van der Waals surface area contributed by atoms with Crippen LogP contribution in [0.2, 0.25) is 16.6 Å². The minimum Gasteiger partial charge on any atom is -0.416 e. The Bertz CT molecular complexity index is 769. The molecule has 0 aliphatic rings. The zero-order chi connectivity index (χ0) is 21.8. The molecule has 1 aromatic heterocycles. The number of hydrogen-bond acceptors (Lipinski definition) is 3. The summed E-state index contributed by atoms with van der Waals surface area (Å²) in [5, 5.41) is 0. The SMILES string of the molecule is COCn1c(CCO[Si](C(C)C)(C(C)C)C(C)C)nc(-c2ccc(F)cc2)c1I. The normalized spacial score (nSPS) is 12.6. The summed E-state index contributed by atoms with van der Waals surface area (Å²) in [7, 11) is -0.223. The Kier molecular flexibility index (Phi) is 8.87. The van der Waals surface area contributed by atoms with Gasteiger partial charge < -0.3 is 9.16 Å². The number of nitrogens with zero attached hydrogens (tertiary/aromatic N) is 2. The molecule has 0 aliphatic heterocycles. The smallest absolute Gasteiger partial charge is 0.200 e. The van der Waals surface area contributed by atoms with E-state index in [2.05, 4.69) is 68.7 Å². The molecule has 0 saturated carbocycles. The van der Waals surface area contributed by atoms with Crippen LogP contribution in [0.5, 0.6) is 0 Å². The second kappa shape index (κ2) is 10.5. The molecule has 4 nitrogen and oxygen atoms in total. The van der Waals surface area contributed by atoms with Crippen LogP contribution in [-0.2, 0) is 22.3 Å². The van der Waals surface area contributed by atoms with E-state index in [1.54, 1.807) is 19.2 Å². The Morgan fingerprint density at radius 3 is 2.07 bits per heavy atom. The second-order valence-electron chi connectivity index (χ2n) is 8.44. The van der Waals surface area contributed by atoms with Crippen molar-refractivity contribution in [1.29, 1.82) is 0 Å². The number of aromatic nitrogens is 2. The quantitative estimate of drug-likeness (QED) is 0.255. The highest BCUT2D eigenvalue weighted by Gasteiger charge is 2.44. The van der Waals surface area contributed by atoms with Gasteiger partial charge in [0.1, 0.15) is 27.8 Å². The van der Waals surface area contributed by atoms with Crippen molar-refractivity contribution in [3.05, 3.63) is 39.6 Å². The topological polar surface area (TPSA) is 36.3 Å². The zero-order valence-electron chi connectivity index (χ0n) is 18.6. The average molecular weight is 533 g/mol. The van der Waals surface area contributed by atoms with Crippen LogP contribution in [0, 0.1) is 9.52 Å². The van der Waals surface area contributed by atoms with Crippen molar-refractivity contribution >= 4 is 30.9 Å². The van der Waals surface area contributed by atoms with Crippen molar-refractivity contribution in [2.75, 3.05) is 13.7 Å². The number of ether oxygens (including phenoxy) is 1. The van der Waals surface area contributed by atoms with Gasteiger partial charge in [-0.05, 0) is 63.5 Å². The number of halogens is 2. The van der Waals surface area contributed by atoms with Gasteiger partial charge in [-0.3, -0.25) is 4.57 Å². The summed E-state index contributed by atoms with van der Waals surface area (Å²) in [6.07, 6.45) is 0.724. The first-order valence-electron chi connectivity index (χ1n) is 10.3. The molecule has 0 amide bonds. The summed E-state index contributed by atoms with van der Waals surface area (Å²) >= 11 is 2.29. The lowest BCUT2D eigenvalue weighted by Crippen LogP contribution is -2.48. The van der Waals surface area contributed by atoms with Crippen LogP contribution in [0.3, 0.4) is 0 Å². The van der Waals surface area contributed by atoms with E-state index in [4.69, 9.17) is 14.1 Å². The van der Waals surface area contributed by atoms with Gasteiger partial charge >= 0.3 is 0 Å². The number of methoxy groups -OCH3 is 1. The first-order valence-corrected chi connectivity index (χ1v) is 13.5. The number of hydrogen-bond donors (Lipinski definition) is 0. The van der Waals surface area contributed by atoms with Gasteiger partial charge in [0.05, 0.1) is 0 Å². The van der Waals surface area contributed by atoms with Crippen molar-refractivity contribution in [2.24, 2.45) is 0 Å². The lowest BCUT2D eigenvalue weighted by atomic mass is 10.2. The molecule has 0 radical (unpaired) electrons. The van der Waals surface area contributed by atoms with Gasteiger partial charge in [0.2, 0.25) is 0 Å². The molecule has 0 N–H and O–H groups in total. The Hall–Kier alpha value is -0.773. The molecule has 0 bridgehead atoms. The highest BCUT2D eigenvalue weighted by atomic mass is 127. The second-order valence-corrected chi connectivity index (χ2v) is 14.9. The van der Waals surface area contributed by atoms with Crippen molar-refractivity contribution in [1.82, 2.24) is 9.55 Å². The Balaban J connectivity index is 2.28. The van der Waals surface area contributed by atoms with Crippen LogP contribution in [0.15, 0.2) is 24.3 Å². The van der Waals surface area contributed by atoms with Crippen LogP contribution in [-0.4, -0.2) is 31.6 Å². The maximum Gasteiger partial charge on any atom is 0.200 e. The predicted octanol–water partition coefficient (Wildman–Crippen LogP) is 6.63. The number of benzene rings is 1. The third kappa shape index (κ3) is 5.29. The van der Waals surface area contributed by atoms with Crippen LogP contribution < -0.4 is 0 Å². The lowest BCUT2D eigenvalue weighted by molar-refractivity contribution is 0.125. The van der Waals surface area contributed by atoms with Gasteiger partial charge in [-0.1, -0.05) is 41.5 Å². The van der Waals surface area contributed by atoms with Gasteiger partial charge in [0.15, 0.2) is 8.32 Å². The highest BCUT2D eigenvalue weighted by molar-refractivity contribution is 14.1. The molecule has 0 aliphatic carbocycles. The summed E-state index contributed by atoms with van der Waals surface area (Å²) in [4.78, 5) is 4.87. The molecular formula is C22H34FIN2O2Si. The zero-order valence-corrected chi connectivity index (χ0v) is 21.8. The van der Waals surface area contributed by atoms with Crippen molar-refractivity contribution in [3.8, 4) is 11.3 Å². The molecule has 29 heavy (non-hydrogen) atoms. The standard InChI is InChI=1S/C22H34FIN2O2Si/c1-15(2)29(16(3)4,17(5)6)28-13-12-20-25-21(22(24)26(20)14-27-7)18-8-10-19(23)11-9-18/h8-11,15-17H,12-14H2,1-7H3. The van der Waals surface area contributed by atoms with Crippen molar-refractivity contribution in [3.63, 3.8) is 0 Å². The average Bonchev–Trinajstić information content (AvgIpc) is 2.95. The predicted molar refractivity (Wildman–Crippen MR) is 128 cm³/mol. The maximum absolute atomic E-state index is 13.3. The summed E-state index contributed by atoms with van der Waals surface area (Å²) in [6, 6.07) is 6.48. The first kappa shape index (κ1) is 24.5. The summed E-state index contributed by atoms with van der Waals surface area (Å²) < 4.78 is 28.5. The molecule has 0 fully saturated rings. The molecular weight excluding hydrogens is 498 g/mol. The van der Waals surface area contributed by atoms with E-state index in [0.29, 0.717) is 30.0 Å². The van der Waals surface area contributed by atoms with E-state index >= 15 is 0 Å². The molecule has 7 heteroatoms. The minimum atomic E-state index is -1.91. The third-order valence-corrected chi connectivity index (χ3v) is 13.0. The highest BCUT2D eigenvalue weighted by Crippen LogP contribution is 2.42. The van der Waals surface area contributed by atoms with E-state index in [1.165, 1.54) is 12.1 Å². The fourth-order valence-electron chi connectivity index (χ4n) is 4.54. The van der Waals surface area contributed by atoms with E-state index in [9.17, 15) is 4.39 Å². The van der Waals surface area contributed by atoms with E-state index in [-0.39, 0.29) is 5.82 Å². The molecule has 162 valence electrons. The molecule has 1 heterocycles.